The molecule has 0 aliphatic rings. The molecule has 0 fully saturated rings. The second kappa shape index (κ2) is 9.08. The minimum absolute atomic E-state index is 0.0236. The van der Waals surface area contributed by atoms with Crippen molar-refractivity contribution in [1.82, 2.24) is 5.43 Å². The van der Waals surface area contributed by atoms with Crippen molar-refractivity contribution in [3.63, 3.8) is 0 Å². The number of hydrogen-bond acceptors (Lipinski definition) is 3. The summed E-state index contributed by atoms with van der Waals surface area (Å²) in [4.78, 5) is 12.4. The van der Waals surface area contributed by atoms with Gasteiger partial charge in [0.1, 0.15) is 0 Å². The van der Waals surface area contributed by atoms with Crippen LogP contribution in [0.2, 0.25) is 5.02 Å². The second-order valence-corrected chi connectivity index (χ2v) is 7.60. The molecule has 7 heteroatoms. The Hall–Kier alpha value is -2.28. The molecule has 27 heavy (non-hydrogen) atoms. The number of thioether (sulfide) groups is 1. The number of para-hydroxylation sites is 1. The van der Waals surface area contributed by atoms with E-state index in [1.54, 1.807) is 24.3 Å². The van der Waals surface area contributed by atoms with Gasteiger partial charge in [-0.2, -0.15) is 0 Å². The highest BCUT2D eigenvalue weighted by molar-refractivity contribution is 7.99. The average molecular weight is 416 g/mol. The topological polar surface area (TPSA) is 58.4 Å². The molecule has 0 saturated carbocycles. The Morgan fingerprint density at radius 2 is 1.78 bits per heavy atom. The molecule has 0 saturated heterocycles. The largest absolute Gasteiger partial charge is 0.374 e. The van der Waals surface area contributed by atoms with Crippen LogP contribution in [0.25, 0.3) is 10.8 Å². The Morgan fingerprint density at radius 3 is 2.56 bits per heavy atom. The zero-order valence-electron chi connectivity index (χ0n) is 14.4. The van der Waals surface area contributed by atoms with E-state index in [0.717, 1.165) is 5.75 Å². The van der Waals surface area contributed by atoms with E-state index >= 15 is 0 Å². The van der Waals surface area contributed by atoms with Crippen LogP contribution in [0.4, 0.5) is 5.69 Å². The number of benzene rings is 3. The van der Waals surface area contributed by atoms with Gasteiger partial charge in [0.15, 0.2) is 5.11 Å². The van der Waals surface area contributed by atoms with Gasteiger partial charge < -0.3 is 5.73 Å². The van der Waals surface area contributed by atoms with E-state index in [-0.39, 0.29) is 16.8 Å². The number of carbonyl (C=O) groups is 1. The molecule has 3 aromatic carbocycles. The van der Waals surface area contributed by atoms with Gasteiger partial charge in [0.05, 0.1) is 16.5 Å². The summed E-state index contributed by atoms with van der Waals surface area (Å²) in [5.74, 6) is 0.800. The number of fused-ring (bicyclic) bond motifs is 1. The number of carbonyl (C=O) groups excluding carboxylic acids is 1. The van der Waals surface area contributed by atoms with Crippen molar-refractivity contribution in [3.05, 3.63) is 77.3 Å². The van der Waals surface area contributed by atoms with Crippen molar-refractivity contribution in [2.75, 3.05) is 10.8 Å². The molecule has 1 amide bonds. The number of nitrogens with zero attached hydrogens (tertiary/aromatic N) is 1. The van der Waals surface area contributed by atoms with Gasteiger partial charge in [-0.1, -0.05) is 66.2 Å². The van der Waals surface area contributed by atoms with Crippen LogP contribution in [-0.2, 0) is 10.5 Å². The highest BCUT2D eigenvalue weighted by Gasteiger charge is 2.15. The van der Waals surface area contributed by atoms with E-state index in [2.05, 4.69) is 29.7 Å². The summed E-state index contributed by atoms with van der Waals surface area (Å²) in [6, 6.07) is 21.5. The third-order valence-corrected chi connectivity index (χ3v) is 5.40. The predicted octanol–water partition coefficient (Wildman–Crippen LogP) is 4.51. The zero-order chi connectivity index (χ0) is 19.2. The Balaban J connectivity index is 1.62. The van der Waals surface area contributed by atoms with Gasteiger partial charge in [-0.25, -0.2) is 5.01 Å². The number of rotatable bonds is 5. The molecule has 0 unspecified atom stereocenters. The highest BCUT2D eigenvalue weighted by Crippen LogP contribution is 2.25. The number of hydrogen-bond donors (Lipinski definition) is 2. The number of nitrogens with two attached hydrogens (primary N) is 1. The number of nitrogens with one attached hydrogen (secondary N) is 1. The van der Waals surface area contributed by atoms with Crippen LogP contribution in [0, 0.1) is 0 Å². The first-order chi connectivity index (χ1) is 13.1. The maximum absolute atomic E-state index is 12.4. The van der Waals surface area contributed by atoms with E-state index in [0.29, 0.717) is 10.7 Å². The van der Waals surface area contributed by atoms with Crippen LogP contribution < -0.4 is 16.2 Å². The van der Waals surface area contributed by atoms with Gasteiger partial charge in [0, 0.05) is 5.75 Å². The first-order valence-electron chi connectivity index (χ1n) is 8.24. The molecule has 3 aromatic rings. The summed E-state index contributed by atoms with van der Waals surface area (Å²) in [5.41, 5.74) is 10.2. The fourth-order valence-corrected chi connectivity index (χ4v) is 3.88. The lowest BCUT2D eigenvalue weighted by molar-refractivity contribution is -0.118. The van der Waals surface area contributed by atoms with E-state index in [1.165, 1.54) is 33.1 Å². The van der Waals surface area contributed by atoms with Crippen molar-refractivity contribution >= 4 is 63.1 Å². The molecule has 0 atom stereocenters. The van der Waals surface area contributed by atoms with E-state index in [1.807, 2.05) is 18.2 Å². The SMILES string of the molecule is NC(=S)N(NC(=O)CSCc1cccc2ccccc12)c1ccccc1Cl. The Morgan fingerprint density at radius 1 is 1.07 bits per heavy atom. The van der Waals surface area contributed by atoms with Gasteiger partial charge in [0.25, 0.3) is 0 Å². The van der Waals surface area contributed by atoms with Crippen LogP contribution in [0.15, 0.2) is 66.7 Å². The lowest BCUT2D eigenvalue weighted by atomic mass is 10.1. The van der Waals surface area contributed by atoms with Crippen molar-refractivity contribution in [1.29, 1.82) is 0 Å². The lowest BCUT2D eigenvalue weighted by Gasteiger charge is -2.24. The minimum Gasteiger partial charge on any atom is -0.374 e. The number of amides is 1. The number of halogens is 1. The Labute approximate surface area is 172 Å². The molecular weight excluding hydrogens is 398 g/mol. The minimum atomic E-state index is -0.201. The Kier molecular flexibility index (Phi) is 6.55. The van der Waals surface area contributed by atoms with Crippen molar-refractivity contribution < 1.29 is 4.79 Å². The molecule has 138 valence electrons. The van der Waals surface area contributed by atoms with Gasteiger partial charge in [-0.05, 0) is 40.7 Å². The van der Waals surface area contributed by atoms with Gasteiger partial charge >= 0.3 is 0 Å². The van der Waals surface area contributed by atoms with E-state index in [4.69, 9.17) is 29.6 Å². The van der Waals surface area contributed by atoms with Crippen LogP contribution in [0.5, 0.6) is 0 Å². The van der Waals surface area contributed by atoms with E-state index in [9.17, 15) is 4.79 Å². The van der Waals surface area contributed by atoms with E-state index < -0.39 is 0 Å². The van der Waals surface area contributed by atoms with Crippen molar-refractivity contribution in [2.45, 2.75) is 5.75 Å². The summed E-state index contributed by atoms with van der Waals surface area (Å²) >= 11 is 12.7. The van der Waals surface area contributed by atoms with Crippen LogP contribution in [-0.4, -0.2) is 16.8 Å². The van der Waals surface area contributed by atoms with Crippen molar-refractivity contribution in [3.8, 4) is 0 Å². The molecule has 0 aliphatic carbocycles. The summed E-state index contributed by atoms with van der Waals surface area (Å²) < 4.78 is 0. The highest BCUT2D eigenvalue weighted by atomic mass is 35.5. The molecular formula is C20H18ClN3OS2. The maximum atomic E-state index is 12.4. The smallest absolute Gasteiger partial charge is 0.248 e. The zero-order valence-corrected chi connectivity index (χ0v) is 16.8. The third-order valence-electron chi connectivity index (χ3n) is 3.92. The molecule has 0 aromatic heterocycles. The standard InChI is InChI=1S/C20H18ClN3OS2/c21-17-10-3-4-11-18(17)24(20(22)26)23-19(25)13-27-12-15-8-5-7-14-6-1-2-9-16(14)15/h1-11H,12-13H2,(H2,22,26)(H,23,25). The monoisotopic (exact) mass is 415 g/mol. The molecule has 4 nitrogen and oxygen atoms in total. The predicted molar refractivity (Wildman–Crippen MR) is 119 cm³/mol. The molecule has 0 radical (unpaired) electrons. The summed E-state index contributed by atoms with van der Waals surface area (Å²) in [7, 11) is 0. The molecule has 0 heterocycles. The van der Waals surface area contributed by atoms with Gasteiger partial charge in [-0.15, -0.1) is 11.8 Å². The second-order valence-electron chi connectivity index (χ2n) is 5.79. The van der Waals surface area contributed by atoms with Crippen LogP contribution >= 0.6 is 35.6 Å². The molecule has 0 bridgehead atoms. The normalized spacial score (nSPS) is 10.6. The molecule has 0 spiro atoms. The first kappa shape index (κ1) is 19.5. The number of hydrazine groups is 1. The number of thiocarbonyl (C=S) groups is 1. The Bertz CT molecular complexity index is 975. The molecule has 0 aliphatic heterocycles. The quantitative estimate of drug-likeness (QED) is 0.474. The van der Waals surface area contributed by atoms with Gasteiger partial charge in [0.2, 0.25) is 5.91 Å². The summed E-state index contributed by atoms with van der Waals surface area (Å²) in [5, 5.41) is 4.20. The number of anilines is 1. The van der Waals surface area contributed by atoms with Crippen LogP contribution in [0.1, 0.15) is 5.56 Å². The summed E-state index contributed by atoms with van der Waals surface area (Å²) in [6.45, 7) is 0. The summed E-state index contributed by atoms with van der Waals surface area (Å²) in [6.07, 6.45) is 0. The molecule has 3 N–H and O–H groups in total. The maximum Gasteiger partial charge on any atom is 0.248 e. The van der Waals surface area contributed by atoms with Gasteiger partial charge in [-0.3, -0.25) is 10.2 Å². The third kappa shape index (κ3) is 4.91. The lowest BCUT2D eigenvalue weighted by Crippen LogP contribution is -2.49. The molecule has 3 rings (SSSR count). The van der Waals surface area contributed by atoms with Crippen LogP contribution in [0.3, 0.4) is 0 Å². The van der Waals surface area contributed by atoms with Crippen molar-refractivity contribution in [2.24, 2.45) is 5.73 Å². The fraction of sp³-hybridized carbons (Fsp3) is 0.100. The average Bonchev–Trinajstić information content (AvgIpc) is 2.67. The fourth-order valence-electron chi connectivity index (χ4n) is 2.70. The first-order valence-corrected chi connectivity index (χ1v) is 10.2.